The minimum absolute atomic E-state index is 0. The number of halogens is 1. The maximum atomic E-state index is 11.9. The number of benzene rings is 1. The maximum Gasteiger partial charge on any atom is 0.344 e. The quantitative estimate of drug-likeness (QED) is 0.347. The Kier molecular flexibility index (Phi) is 9.13. The molecule has 0 aliphatic rings. The van der Waals surface area contributed by atoms with Crippen LogP contribution in [0.15, 0.2) is 18.2 Å². The normalized spacial score (nSPS) is 12.5. The minimum atomic E-state index is -0.322. The van der Waals surface area contributed by atoms with Crippen molar-refractivity contribution >= 4 is 5.97 Å². The van der Waals surface area contributed by atoms with Crippen molar-refractivity contribution in [1.82, 2.24) is 0 Å². The van der Waals surface area contributed by atoms with Crippen molar-refractivity contribution in [1.29, 1.82) is 0 Å². The van der Waals surface area contributed by atoms with E-state index in [-0.39, 0.29) is 42.7 Å². The van der Waals surface area contributed by atoms with Gasteiger partial charge in [0.25, 0.3) is 0 Å². The standard InChI is InChI=1S/C18H30NO3.HI/c1-13(2)16-9-8-14(3)10-17(16)21-12-18(20)22-15(4)11-19(5,6)7;/h8-10,13,15H,11-12H2,1-7H3;1H/q+1;/p-1. The van der Waals surface area contributed by atoms with Crippen LogP contribution in [0.1, 0.15) is 37.8 Å². The number of aryl methyl sites for hydroxylation is 1. The Bertz CT molecular complexity index is 509. The van der Waals surface area contributed by atoms with Gasteiger partial charge in [-0.25, -0.2) is 4.79 Å². The molecule has 4 nitrogen and oxygen atoms in total. The fourth-order valence-electron chi connectivity index (χ4n) is 2.45. The Hall–Kier alpha value is -0.820. The topological polar surface area (TPSA) is 35.5 Å². The second-order valence-corrected chi connectivity index (χ2v) is 7.26. The molecule has 0 saturated heterocycles. The van der Waals surface area contributed by atoms with E-state index in [4.69, 9.17) is 9.47 Å². The van der Waals surface area contributed by atoms with E-state index in [9.17, 15) is 4.79 Å². The summed E-state index contributed by atoms with van der Waals surface area (Å²) < 4.78 is 11.8. The van der Waals surface area contributed by atoms with Gasteiger partial charge in [0.15, 0.2) is 6.61 Å². The van der Waals surface area contributed by atoms with Gasteiger partial charge in [0.05, 0.1) is 21.1 Å². The number of hydrogen-bond acceptors (Lipinski definition) is 3. The molecule has 0 fully saturated rings. The molecular formula is C18H30INO3. The molecule has 0 amide bonds. The summed E-state index contributed by atoms with van der Waals surface area (Å²) in [5.41, 5.74) is 2.23. The summed E-state index contributed by atoms with van der Waals surface area (Å²) in [4.78, 5) is 11.9. The molecule has 132 valence electrons. The largest absolute Gasteiger partial charge is 1.00 e. The average molecular weight is 435 g/mol. The Morgan fingerprint density at radius 2 is 1.78 bits per heavy atom. The van der Waals surface area contributed by atoms with Gasteiger partial charge in [0.1, 0.15) is 18.4 Å². The lowest BCUT2D eigenvalue weighted by Gasteiger charge is -2.27. The number of ether oxygens (including phenoxy) is 2. The van der Waals surface area contributed by atoms with E-state index in [1.54, 1.807) is 0 Å². The second kappa shape index (κ2) is 9.47. The molecule has 0 aliphatic carbocycles. The molecule has 0 saturated carbocycles. The second-order valence-electron chi connectivity index (χ2n) is 7.26. The van der Waals surface area contributed by atoms with E-state index >= 15 is 0 Å². The van der Waals surface area contributed by atoms with Gasteiger partial charge in [-0.15, -0.1) is 0 Å². The third kappa shape index (κ3) is 8.55. The van der Waals surface area contributed by atoms with Gasteiger partial charge < -0.3 is 37.9 Å². The van der Waals surface area contributed by atoms with Crippen LogP contribution in [0.5, 0.6) is 5.75 Å². The van der Waals surface area contributed by atoms with Crippen molar-refractivity contribution in [2.24, 2.45) is 0 Å². The van der Waals surface area contributed by atoms with Crippen molar-refractivity contribution in [3.63, 3.8) is 0 Å². The van der Waals surface area contributed by atoms with Crippen LogP contribution in [0, 0.1) is 6.92 Å². The summed E-state index contributed by atoms with van der Waals surface area (Å²) in [5, 5.41) is 0. The van der Waals surface area contributed by atoms with Crippen LogP contribution in [-0.4, -0.2) is 50.9 Å². The van der Waals surface area contributed by atoms with Crippen LogP contribution in [0.3, 0.4) is 0 Å². The molecule has 0 heterocycles. The van der Waals surface area contributed by atoms with Crippen LogP contribution < -0.4 is 28.7 Å². The van der Waals surface area contributed by atoms with E-state index in [0.717, 1.165) is 27.9 Å². The molecule has 1 aromatic carbocycles. The minimum Gasteiger partial charge on any atom is -1.00 e. The Morgan fingerprint density at radius 1 is 1.17 bits per heavy atom. The molecule has 23 heavy (non-hydrogen) atoms. The summed E-state index contributed by atoms with van der Waals surface area (Å²) in [6.07, 6.45) is -0.127. The molecule has 0 aliphatic heterocycles. The van der Waals surface area contributed by atoms with Crippen LogP contribution in [0.25, 0.3) is 0 Å². The number of rotatable bonds is 7. The average Bonchev–Trinajstić information content (AvgIpc) is 2.33. The molecule has 1 unspecified atom stereocenters. The predicted octanol–water partition coefficient (Wildman–Crippen LogP) is 0.139. The Balaban J connectivity index is 0.00000484. The Labute approximate surface area is 157 Å². The number of hydrogen-bond donors (Lipinski definition) is 0. The third-order valence-electron chi connectivity index (χ3n) is 3.27. The lowest BCUT2D eigenvalue weighted by Crippen LogP contribution is -3.00. The summed E-state index contributed by atoms with van der Waals surface area (Å²) >= 11 is 0. The molecule has 0 spiro atoms. The first kappa shape index (κ1) is 22.2. The number of carbonyl (C=O) groups excluding carboxylic acids is 1. The van der Waals surface area contributed by atoms with Crippen LogP contribution in [0.2, 0.25) is 0 Å². The summed E-state index contributed by atoms with van der Waals surface area (Å²) in [6, 6.07) is 6.09. The van der Waals surface area contributed by atoms with E-state index in [2.05, 4.69) is 47.1 Å². The number of carbonyl (C=O) groups is 1. The highest BCUT2D eigenvalue weighted by Gasteiger charge is 2.18. The van der Waals surface area contributed by atoms with E-state index in [0.29, 0.717) is 5.92 Å². The Morgan fingerprint density at radius 3 is 2.30 bits per heavy atom. The van der Waals surface area contributed by atoms with Crippen LogP contribution in [-0.2, 0) is 9.53 Å². The maximum absolute atomic E-state index is 11.9. The van der Waals surface area contributed by atoms with Crippen molar-refractivity contribution in [2.75, 3.05) is 34.3 Å². The molecule has 0 radical (unpaired) electrons. The molecule has 0 N–H and O–H groups in total. The number of nitrogens with zero attached hydrogens (tertiary/aromatic N) is 1. The highest BCUT2D eigenvalue weighted by molar-refractivity contribution is 5.71. The smallest absolute Gasteiger partial charge is 0.344 e. The van der Waals surface area contributed by atoms with Crippen molar-refractivity contribution in [2.45, 2.75) is 39.7 Å². The number of esters is 1. The van der Waals surface area contributed by atoms with Crippen molar-refractivity contribution in [3.05, 3.63) is 29.3 Å². The first-order valence-corrected chi connectivity index (χ1v) is 7.82. The number of quaternary nitrogens is 1. The highest BCUT2D eigenvalue weighted by atomic mass is 127. The van der Waals surface area contributed by atoms with Crippen molar-refractivity contribution in [3.8, 4) is 5.75 Å². The van der Waals surface area contributed by atoms with Crippen LogP contribution in [0.4, 0.5) is 0 Å². The zero-order chi connectivity index (χ0) is 16.9. The first-order valence-electron chi connectivity index (χ1n) is 7.82. The highest BCUT2D eigenvalue weighted by Crippen LogP contribution is 2.27. The lowest BCUT2D eigenvalue weighted by molar-refractivity contribution is -0.873. The first-order chi connectivity index (χ1) is 10.1. The fraction of sp³-hybridized carbons (Fsp3) is 0.611. The van der Waals surface area contributed by atoms with Gasteiger partial charge in [-0.05, 0) is 37.0 Å². The SMILES string of the molecule is Cc1ccc(C(C)C)c(OCC(=O)OC(C)C[N+](C)(C)C)c1.[I-]. The molecule has 1 aromatic rings. The van der Waals surface area contributed by atoms with Gasteiger partial charge in [0.2, 0.25) is 0 Å². The number of likely N-dealkylation sites (N-methyl/N-ethyl adjacent to an activating group) is 1. The van der Waals surface area contributed by atoms with Gasteiger partial charge in [0, 0.05) is 0 Å². The van der Waals surface area contributed by atoms with Crippen molar-refractivity contribution < 1.29 is 42.7 Å². The summed E-state index contributed by atoms with van der Waals surface area (Å²) in [6.45, 7) is 8.86. The zero-order valence-corrected chi connectivity index (χ0v) is 17.5. The lowest BCUT2D eigenvalue weighted by atomic mass is 10.0. The van der Waals surface area contributed by atoms with E-state index in [1.807, 2.05) is 19.9 Å². The zero-order valence-electron chi connectivity index (χ0n) is 15.4. The molecule has 1 atom stereocenters. The monoisotopic (exact) mass is 435 g/mol. The van der Waals surface area contributed by atoms with Gasteiger partial charge in [-0.1, -0.05) is 26.0 Å². The van der Waals surface area contributed by atoms with Gasteiger partial charge in [-0.2, -0.15) is 0 Å². The van der Waals surface area contributed by atoms with Crippen LogP contribution >= 0.6 is 0 Å². The van der Waals surface area contributed by atoms with E-state index in [1.165, 1.54) is 0 Å². The third-order valence-corrected chi connectivity index (χ3v) is 3.27. The summed E-state index contributed by atoms with van der Waals surface area (Å²) in [5.74, 6) is 0.798. The van der Waals surface area contributed by atoms with E-state index < -0.39 is 0 Å². The van der Waals surface area contributed by atoms with Gasteiger partial charge in [-0.3, -0.25) is 0 Å². The molecular weight excluding hydrogens is 405 g/mol. The molecule has 0 aromatic heterocycles. The molecule has 5 heteroatoms. The molecule has 1 rings (SSSR count). The predicted molar refractivity (Wildman–Crippen MR) is 89.2 cm³/mol. The molecule has 0 bridgehead atoms. The fourth-order valence-corrected chi connectivity index (χ4v) is 2.45. The summed E-state index contributed by atoms with van der Waals surface area (Å²) in [7, 11) is 6.22. The van der Waals surface area contributed by atoms with Gasteiger partial charge >= 0.3 is 5.97 Å².